The van der Waals surface area contributed by atoms with Gasteiger partial charge in [0, 0.05) is 0 Å². The third-order valence-electron chi connectivity index (χ3n) is 3.64. The summed E-state index contributed by atoms with van der Waals surface area (Å²) in [5.74, 6) is 0.103. The number of carbonyl (C=O) groups excluding carboxylic acids is 1. The van der Waals surface area contributed by atoms with Gasteiger partial charge >= 0.3 is 0 Å². The van der Waals surface area contributed by atoms with Crippen molar-refractivity contribution in [3.63, 3.8) is 0 Å². The summed E-state index contributed by atoms with van der Waals surface area (Å²) in [5.41, 5.74) is 1.38. The van der Waals surface area contributed by atoms with Gasteiger partial charge in [0.25, 0.3) is 5.91 Å². The van der Waals surface area contributed by atoms with E-state index in [1.54, 1.807) is 5.01 Å². The Morgan fingerprint density at radius 1 is 1.18 bits per heavy atom. The lowest BCUT2D eigenvalue weighted by Gasteiger charge is -2.22. The predicted molar refractivity (Wildman–Crippen MR) is 67.8 cm³/mol. The maximum absolute atomic E-state index is 12.5. The van der Waals surface area contributed by atoms with Gasteiger partial charge in [-0.05, 0) is 31.9 Å². The van der Waals surface area contributed by atoms with Crippen LogP contribution in [0.15, 0.2) is 47.6 Å². The van der Waals surface area contributed by atoms with E-state index in [2.05, 4.69) is 17.3 Å². The molecule has 1 aliphatic heterocycles. The topological polar surface area (TPSA) is 32.7 Å². The molecule has 1 aromatic rings. The highest BCUT2D eigenvalue weighted by atomic mass is 16.2. The first-order valence-electron chi connectivity index (χ1n) is 5.84. The van der Waals surface area contributed by atoms with Crippen molar-refractivity contribution in [1.82, 2.24) is 0 Å². The zero-order valence-electron chi connectivity index (χ0n) is 9.76. The average Bonchev–Trinajstić information content (AvgIpc) is 2.94. The number of hydrogen-bond donors (Lipinski definition) is 0. The molecule has 1 heterocycles. The van der Waals surface area contributed by atoms with E-state index in [4.69, 9.17) is 0 Å². The summed E-state index contributed by atoms with van der Waals surface area (Å²) in [6.45, 7) is 1.95. The molecular formula is C14H14N2O. The second-order valence-corrected chi connectivity index (χ2v) is 4.60. The molecule has 0 N–H and O–H groups in total. The molecule has 0 radical (unpaired) electrons. The predicted octanol–water partition coefficient (Wildman–Crippen LogP) is 2.75. The standard InChI is InChI=1S/C14H14N2O/c1-11-14(9-5-6-10-14)13(17)16(15-11)12-7-3-2-4-8-12/h2-8H,9-10H2,1H3. The summed E-state index contributed by atoms with van der Waals surface area (Å²) in [6.07, 6.45) is 5.71. The smallest absolute Gasteiger partial charge is 0.259 e. The minimum absolute atomic E-state index is 0.103. The lowest BCUT2D eigenvalue weighted by atomic mass is 9.81. The molecule has 0 unspecified atom stereocenters. The lowest BCUT2D eigenvalue weighted by Crippen LogP contribution is -2.37. The van der Waals surface area contributed by atoms with Gasteiger partial charge in [0.2, 0.25) is 0 Å². The number of anilines is 1. The highest BCUT2D eigenvalue weighted by Crippen LogP contribution is 2.42. The summed E-state index contributed by atoms with van der Waals surface area (Å²) in [6, 6.07) is 9.61. The maximum atomic E-state index is 12.5. The molecule has 0 bridgehead atoms. The monoisotopic (exact) mass is 226 g/mol. The minimum Gasteiger partial charge on any atom is -0.271 e. The quantitative estimate of drug-likeness (QED) is 0.678. The molecule has 0 aromatic heterocycles. The normalized spacial score (nSPS) is 21.4. The number of rotatable bonds is 1. The number of hydrogen-bond acceptors (Lipinski definition) is 2. The van der Waals surface area contributed by atoms with Gasteiger partial charge in [-0.3, -0.25) is 4.79 Å². The van der Waals surface area contributed by atoms with Gasteiger partial charge in [-0.25, -0.2) is 0 Å². The van der Waals surface area contributed by atoms with Crippen LogP contribution in [0.5, 0.6) is 0 Å². The van der Waals surface area contributed by atoms with E-state index < -0.39 is 5.41 Å². The maximum Gasteiger partial charge on any atom is 0.259 e. The Morgan fingerprint density at radius 3 is 2.47 bits per heavy atom. The highest BCUT2D eigenvalue weighted by Gasteiger charge is 2.49. The first kappa shape index (κ1) is 10.3. The Labute approximate surface area is 100 Å². The van der Waals surface area contributed by atoms with E-state index in [0.29, 0.717) is 0 Å². The van der Waals surface area contributed by atoms with Crippen molar-refractivity contribution in [3.05, 3.63) is 42.5 Å². The molecule has 1 spiro atoms. The number of carbonyl (C=O) groups is 1. The van der Waals surface area contributed by atoms with Gasteiger partial charge in [0.05, 0.1) is 16.8 Å². The second kappa shape index (κ2) is 3.55. The molecule has 0 saturated carbocycles. The van der Waals surface area contributed by atoms with Crippen molar-refractivity contribution in [3.8, 4) is 0 Å². The van der Waals surface area contributed by atoms with Crippen LogP contribution >= 0.6 is 0 Å². The molecule has 1 aromatic carbocycles. The Kier molecular flexibility index (Phi) is 2.15. The van der Waals surface area contributed by atoms with Gasteiger partial charge in [0.1, 0.15) is 0 Å². The number of para-hydroxylation sites is 1. The Balaban J connectivity index is 1.99. The van der Waals surface area contributed by atoms with Crippen LogP contribution < -0.4 is 5.01 Å². The summed E-state index contributed by atoms with van der Waals surface area (Å²) < 4.78 is 0. The molecule has 1 amide bonds. The number of nitrogens with zero attached hydrogens (tertiary/aromatic N) is 2. The van der Waals surface area contributed by atoms with Crippen LogP contribution in [0.25, 0.3) is 0 Å². The van der Waals surface area contributed by atoms with Crippen molar-refractivity contribution >= 4 is 17.3 Å². The molecule has 17 heavy (non-hydrogen) atoms. The SMILES string of the molecule is CC1=NN(c2ccccc2)C(=O)C12CC=CC2. The Hall–Kier alpha value is -1.90. The molecule has 86 valence electrons. The van der Waals surface area contributed by atoms with Gasteiger partial charge < -0.3 is 0 Å². The first-order valence-corrected chi connectivity index (χ1v) is 5.84. The van der Waals surface area contributed by atoms with Crippen molar-refractivity contribution in [2.24, 2.45) is 10.5 Å². The Morgan fingerprint density at radius 2 is 1.82 bits per heavy atom. The van der Waals surface area contributed by atoms with Gasteiger partial charge in [-0.1, -0.05) is 30.4 Å². The molecule has 3 nitrogen and oxygen atoms in total. The fourth-order valence-electron chi connectivity index (χ4n) is 2.52. The molecule has 0 atom stereocenters. The van der Waals surface area contributed by atoms with Crippen LogP contribution in [0.2, 0.25) is 0 Å². The van der Waals surface area contributed by atoms with Crippen molar-refractivity contribution < 1.29 is 4.79 Å². The summed E-state index contributed by atoms with van der Waals surface area (Å²) in [5, 5.41) is 5.98. The van der Waals surface area contributed by atoms with E-state index in [9.17, 15) is 4.79 Å². The van der Waals surface area contributed by atoms with Gasteiger partial charge in [0.15, 0.2) is 0 Å². The van der Waals surface area contributed by atoms with Crippen LogP contribution in [0.3, 0.4) is 0 Å². The van der Waals surface area contributed by atoms with Crippen LogP contribution in [0.1, 0.15) is 19.8 Å². The van der Waals surface area contributed by atoms with Crippen molar-refractivity contribution in [2.45, 2.75) is 19.8 Å². The molecule has 0 fully saturated rings. The highest BCUT2D eigenvalue weighted by molar-refractivity contribution is 6.19. The average molecular weight is 226 g/mol. The number of amides is 1. The summed E-state index contributed by atoms with van der Waals surface area (Å²) in [4.78, 5) is 12.5. The van der Waals surface area contributed by atoms with Crippen molar-refractivity contribution in [1.29, 1.82) is 0 Å². The van der Waals surface area contributed by atoms with E-state index in [1.165, 1.54) is 0 Å². The summed E-state index contributed by atoms with van der Waals surface area (Å²) in [7, 11) is 0. The fourth-order valence-corrected chi connectivity index (χ4v) is 2.52. The van der Waals surface area contributed by atoms with Crippen LogP contribution in [0, 0.1) is 5.41 Å². The molecule has 3 rings (SSSR count). The van der Waals surface area contributed by atoms with Crippen LogP contribution in [-0.4, -0.2) is 11.6 Å². The Bertz CT molecular complexity index is 508. The molecular weight excluding hydrogens is 212 g/mol. The fraction of sp³-hybridized carbons (Fsp3) is 0.286. The van der Waals surface area contributed by atoms with Gasteiger partial charge in [-0.15, -0.1) is 0 Å². The second-order valence-electron chi connectivity index (χ2n) is 4.60. The van der Waals surface area contributed by atoms with Gasteiger partial charge in [-0.2, -0.15) is 10.1 Å². The third-order valence-corrected chi connectivity index (χ3v) is 3.64. The number of benzene rings is 1. The van der Waals surface area contributed by atoms with E-state index in [-0.39, 0.29) is 5.91 Å². The third kappa shape index (κ3) is 1.35. The number of allylic oxidation sites excluding steroid dienone is 2. The minimum atomic E-state index is -0.393. The van der Waals surface area contributed by atoms with E-state index >= 15 is 0 Å². The first-order chi connectivity index (χ1) is 8.24. The van der Waals surface area contributed by atoms with Crippen molar-refractivity contribution in [2.75, 3.05) is 5.01 Å². The van der Waals surface area contributed by atoms with Crippen LogP contribution in [0.4, 0.5) is 5.69 Å². The van der Waals surface area contributed by atoms with Crippen LogP contribution in [-0.2, 0) is 4.79 Å². The largest absolute Gasteiger partial charge is 0.271 e. The summed E-state index contributed by atoms with van der Waals surface area (Å²) >= 11 is 0. The lowest BCUT2D eigenvalue weighted by molar-refractivity contribution is -0.123. The molecule has 3 heteroatoms. The molecule has 1 aliphatic carbocycles. The van der Waals surface area contributed by atoms with E-state index in [0.717, 1.165) is 24.2 Å². The molecule has 2 aliphatic rings. The zero-order chi connectivity index (χ0) is 11.9. The zero-order valence-corrected chi connectivity index (χ0v) is 9.76. The van der Waals surface area contributed by atoms with E-state index in [1.807, 2.05) is 37.3 Å². The number of hydrazone groups is 1. The molecule has 0 saturated heterocycles.